The van der Waals surface area contributed by atoms with Gasteiger partial charge in [-0.1, -0.05) is 63.4 Å². The van der Waals surface area contributed by atoms with Crippen molar-refractivity contribution in [2.24, 2.45) is 23.7 Å². The highest BCUT2D eigenvalue weighted by Gasteiger charge is 2.65. The molecule has 3 aliphatic carbocycles. The molecule has 0 spiro atoms. The topological polar surface area (TPSA) is 15.3 Å². The maximum absolute atomic E-state index is 4.25. The van der Waals surface area contributed by atoms with E-state index in [2.05, 4.69) is 74.1 Å². The highest BCUT2D eigenvalue weighted by atomic mass is 28.3. The van der Waals surface area contributed by atoms with Crippen LogP contribution in [0.4, 0.5) is 5.69 Å². The lowest BCUT2D eigenvalue weighted by Crippen LogP contribution is -2.61. The standard InChI is InChI=1S/C27H44N2Si/c1-27(2,3)28-30(4,5)26-21-16-10-9-15-20(21)24-22-17-11-12-18-23(22)29(25(24)26)19-13-7-6-8-14-19/h6-8,13-14,20-26,28H,9-12,15-18H2,1-5H3. The number of benzene rings is 1. The van der Waals surface area contributed by atoms with Gasteiger partial charge >= 0.3 is 0 Å². The Morgan fingerprint density at radius 3 is 2.10 bits per heavy atom. The number of nitrogens with zero attached hydrogens (tertiary/aromatic N) is 1. The Kier molecular flexibility index (Phi) is 5.37. The summed E-state index contributed by atoms with van der Waals surface area (Å²) in [7, 11) is -1.63. The van der Waals surface area contributed by atoms with Crippen LogP contribution in [0.25, 0.3) is 0 Å². The third-order valence-electron chi connectivity index (χ3n) is 9.13. The predicted octanol–water partition coefficient (Wildman–Crippen LogP) is 6.83. The number of para-hydroxylation sites is 1. The van der Waals surface area contributed by atoms with E-state index in [-0.39, 0.29) is 5.54 Å². The second kappa shape index (κ2) is 7.66. The second-order valence-electron chi connectivity index (χ2n) is 12.6. The first-order valence-corrected chi connectivity index (χ1v) is 16.0. The van der Waals surface area contributed by atoms with Crippen LogP contribution < -0.4 is 9.88 Å². The van der Waals surface area contributed by atoms with Crippen LogP contribution in [-0.4, -0.2) is 25.9 Å². The lowest BCUT2D eigenvalue weighted by atomic mass is 9.70. The van der Waals surface area contributed by atoms with Crippen LogP contribution in [0.2, 0.25) is 18.6 Å². The first-order valence-electron chi connectivity index (χ1n) is 12.9. The van der Waals surface area contributed by atoms with Crippen molar-refractivity contribution < 1.29 is 0 Å². The molecule has 1 N–H and O–H groups in total. The third kappa shape index (κ3) is 3.48. The second-order valence-corrected chi connectivity index (χ2v) is 16.9. The third-order valence-corrected chi connectivity index (χ3v) is 13.0. The molecule has 7 unspecified atom stereocenters. The zero-order chi connectivity index (χ0) is 21.1. The molecule has 1 aromatic carbocycles. The van der Waals surface area contributed by atoms with E-state index in [0.717, 1.165) is 41.3 Å². The molecule has 4 fully saturated rings. The van der Waals surface area contributed by atoms with Crippen LogP contribution in [0, 0.1) is 23.7 Å². The largest absolute Gasteiger partial charge is 0.365 e. The lowest BCUT2D eigenvalue weighted by molar-refractivity contribution is 0.160. The molecule has 4 aliphatic rings. The minimum atomic E-state index is -1.63. The molecular formula is C27H44N2Si. The van der Waals surface area contributed by atoms with E-state index in [1.54, 1.807) is 0 Å². The maximum atomic E-state index is 4.25. The molecule has 0 radical (unpaired) electrons. The quantitative estimate of drug-likeness (QED) is 0.535. The van der Waals surface area contributed by atoms with E-state index in [4.69, 9.17) is 0 Å². The van der Waals surface area contributed by atoms with E-state index < -0.39 is 8.24 Å². The summed E-state index contributed by atoms with van der Waals surface area (Å²) in [5, 5.41) is 0. The molecule has 0 bridgehead atoms. The Bertz CT molecular complexity index is 739. The van der Waals surface area contributed by atoms with Crippen LogP contribution in [0.5, 0.6) is 0 Å². The highest BCUT2D eigenvalue weighted by molar-refractivity contribution is 6.77. The number of nitrogens with one attached hydrogen (secondary N) is 1. The van der Waals surface area contributed by atoms with E-state index in [0.29, 0.717) is 0 Å². The van der Waals surface area contributed by atoms with Gasteiger partial charge in [0.1, 0.15) is 8.24 Å². The molecule has 5 rings (SSSR count). The van der Waals surface area contributed by atoms with Gasteiger partial charge in [-0.25, -0.2) is 0 Å². The average Bonchev–Trinajstić information content (AvgIpc) is 3.19. The molecule has 0 aromatic heterocycles. The molecule has 1 aromatic rings. The van der Waals surface area contributed by atoms with Crippen molar-refractivity contribution in [2.45, 2.75) is 108 Å². The summed E-state index contributed by atoms with van der Waals surface area (Å²) in [6.45, 7) is 12.5. The molecule has 166 valence electrons. The molecule has 3 heteroatoms. The Balaban J connectivity index is 1.61. The molecule has 0 amide bonds. The van der Waals surface area contributed by atoms with Gasteiger partial charge < -0.3 is 9.88 Å². The monoisotopic (exact) mass is 424 g/mol. The average molecular weight is 425 g/mol. The van der Waals surface area contributed by atoms with Crippen LogP contribution in [0.3, 0.4) is 0 Å². The van der Waals surface area contributed by atoms with Gasteiger partial charge in [0, 0.05) is 23.3 Å². The van der Waals surface area contributed by atoms with Crippen molar-refractivity contribution in [1.82, 2.24) is 4.98 Å². The number of rotatable bonds is 3. The highest BCUT2D eigenvalue weighted by Crippen LogP contribution is 2.65. The molecule has 7 atom stereocenters. The zero-order valence-corrected chi connectivity index (χ0v) is 21.0. The summed E-state index contributed by atoms with van der Waals surface area (Å²) in [6.07, 6.45) is 11.8. The fourth-order valence-corrected chi connectivity index (χ4v) is 13.7. The van der Waals surface area contributed by atoms with Crippen LogP contribution in [-0.2, 0) is 0 Å². The smallest absolute Gasteiger partial charge is 0.125 e. The molecule has 1 aliphatic heterocycles. The molecular weight excluding hydrogens is 380 g/mol. The summed E-state index contributed by atoms with van der Waals surface area (Å²) in [5.41, 5.74) is 2.60. The molecule has 2 nitrogen and oxygen atoms in total. The van der Waals surface area contributed by atoms with Gasteiger partial charge in [0.05, 0.1) is 0 Å². The van der Waals surface area contributed by atoms with Crippen molar-refractivity contribution in [3.63, 3.8) is 0 Å². The van der Waals surface area contributed by atoms with Gasteiger partial charge in [-0.3, -0.25) is 0 Å². The van der Waals surface area contributed by atoms with Crippen molar-refractivity contribution in [2.75, 3.05) is 4.90 Å². The van der Waals surface area contributed by atoms with Gasteiger partial charge in [0.2, 0.25) is 0 Å². The normalized spacial score (nSPS) is 38.8. The van der Waals surface area contributed by atoms with Gasteiger partial charge in [-0.05, 0) is 81.4 Å². The Morgan fingerprint density at radius 2 is 1.43 bits per heavy atom. The Hall–Kier alpha value is -0.803. The first-order chi connectivity index (χ1) is 14.3. The summed E-state index contributed by atoms with van der Waals surface area (Å²) in [6, 6.07) is 13.1. The summed E-state index contributed by atoms with van der Waals surface area (Å²) in [4.78, 5) is 7.26. The van der Waals surface area contributed by atoms with Crippen LogP contribution >= 0.6 is 0 Å². The fraction of sp³-hybridized carbons (Fsp3) is 0.778. The Labute approximate surface area is 186 Å². The number of hydrogen-bond donors (Lipinski definition) is 1. The van der Waals surface area contributed by atoms with Crippen LogP contribution in [0.15, 0.2) is 30.3 Å². The van der Waals surface area contributed by atoms with Gasteiger partial charge in [-0.2, -0.15) is 0 Å². The molecule has 1 heterocycles. The summed E-state index contributed by atoms with van der Waals surface area (Å²) < 4.78 is 0. The summed E-state index contributed by atoms with van der Waals surface area (Å²) >= 11 is 0. The lowest BCUT2D eigenvalue weighted by Gasteiger charge is -2.47. The number of fused-ring (bicyclic) bond motifs is 5. The van der Waals surface area contributed by atoms with Crippen molar-refractivity contribution in [3.8, 4) is 0 Å². The van der Waals surface area contributed by atoms with E-state index in [9.17, 15) is 0 Å². The number of anilines is 1. The van der Waals surface area contributed by atoms with Crippen molar-refractivity contribution in [3.05, 3.63) is 30.3 Å². The number of hydrogen-bond acceptors (Lipinski definition) is 2. The van der Waals surface area contributed by atoms with E-state index in [1.807, 2.05) is 0 Å². The molecule has 30 heavy (non-hydrogen) atoms. The van der Waals surface area contributed by atoms with Crippen molar-refractivity contribution in [1.29, 1.82) is 0 Å². The van der Waals surface area contributed by atoms with Gasteiger partial charge in [0.15, 0.2) is 0 Å². The maximum Gasteiger partial charge on any atom is 0.125 e. The van der Waals surface area contributed by atoms with E-state index >= 15 is 0 Å². The SMILES string of the molecule is CC(C)(C)N[Si](C)(C)C1C2CCCCC2C2C3CCCCC3N(c3ccccc3)C21. The van der Waals surface area contributed by atoms with Gasteiger partial charge in [-0.15, -0.1) is 0 Å². The predicted molar refractivity (Wildman–Crippen MR) is 132 cm³/mol. The first kappa shape index (κ1) is 21.1. The summed E-state index contributed by atoms with van der Waals surface area (Å²) in [5.74, 6) is 3.83. The minimum absolute atomic E-state index is 0.209. The molecule has 1 saturated heterocycles. The fourth-order valence-electron chi connectivity index (χ4n) is 8.92. The van der Waals surface area contributed by atoms with Gasteiger partial charge in [0.25, 0.3) is 0 Å². The van der Waals surface area contributed by atoms with E-state index in [1.165, 1.54) is 57.1 Å². The zero-order valence-electron chi connectivity index (χ0n) is 20.0. The molecule has 3 saturated carbocycles. The minimum Gasteiger partial charge on any atom is -0.365 e. The van der Waals surface area contributed by atoms with Crippen LogP contribution in [0.1, 0.15) is 72.1 Å². The Morgan fingerprint density at radius 1 is 0.833 bits per heavy atom. The van der Waals surface area contributed by atoms with Crippen molar-refractivity contribution >= 4 is 13.9 Å².